The van der Waals surface area contributed by atoms with Gasteiger partial charge in [-0.25, -0.2) is 0 Å². The molecule has 0 saturated heterocycles. The lowest BCUT2D eigenvalue weighted by atomic mass is 9.87. The molecule has 1 atom stereocenters. The molecule has 92 valence electrons. The van der Waals surface area contributed by atoms with E-state index in [0.29, 0.717) is 6.04 Å². The predicted octanol–water partition coefficient (Wildman–Crippen LogP) is 2.45. The molecule has 1 unspecified atom stereocenters. The summed E-state index contributed by atoms with van der Waals surface area (Å²) in [5.41, 5.74) is 1.31. The highest BCUT2D eigenvalue weighted by molar-refractivity contribution is 7.10. The Morgan fingerprint density at radius 1 is 1.44 bits per heavy atom. The highest BCUT2D eigenvalue weighted by atomic mass is 32.1. The van der Waals surface area contributed by atoms with Crippen molar-refractivity contribution in [2.45, 2.75) is 40.3 Å². The van der Waals surface area contributed by atoms with E-state index in [9.17, 15) is 0 Å². The molecule has 0 aliphatic carbocycles. The molecule has 1 heterocycles. The molecule has 0 amide bonds. The lowest BCUT2D eigenvalue weighted by Gasteiger charge is -2.35. The summed E-state index contributed by atoms with van der Waals surface area (Å²) in [6.45, 7) is 9.86. The van der Waals surface area contributed by atoms with Gasteiger partial charge in [0.1, 0.15) is 10.7 Å². The number of rotatable bonds is 4. The third-order valence-electron chi connectivity index (χ3n) is 3.10. The third kappa shape index (κ3) is 3.15. The van der Waals surface area contributed by atoms with Crippen LogP contribution in [-0.2, 0) is 6.54 Å². The van der Waals surface area contributed by atoms with Crippen molar-refractivity contribution >= 4 is 16.5 Å². The highest BCUT2D eigenvalue weighted by Gasteiger charge is 2.24. The first-order valence-electron chi connectivity index (χ1n) is 5.55. The number of anilines is 1. The molecule has 0 aliphatic rings. The van der Waals surface area contributed by atoms with E-state index < -0.39 is 0 Å². The van der Waals surface area contributed by atoms with Gasteiger partial charge < -0.3 is 5.32 Å². The fourth-order valence-electron chi connectivity index (χ4n) is 1.54. The van der Waals surface area contributed by atoms with E-state index in [2.05, 4.69) is 54.5 Å². The van der Waals surface area contributed by atoms with E-state index in [-0.39, 0.29) is 5.41 Å². The maximum atomic E-state index is 4.16. The number of hydrogen-bond acceptors (Lipinski definition) is 5. The normalized spacial score (nSPS) is 14.2. The van der Waals surface area contributed by atoms with Crippen LogP contribution in [0.1, 0.15) is 33.4 Å². The van der Waals surface area contributed by atoms with Gasteiger partial charge in [0, 0.05) is 31.2 Å². The fraction of sp³-hybridized carbons (Fsp3) is 0.818. The molecule has 0 bridgehead atoms. The molecule has 4 nitrogen and oxygen atoms in total. The molecule has 16 heavy (non-hydrogen) atoms. The van der Waals surface area contributed by atoms with Crippen LogP contribution >= 0.6 is 11.5 Å². The second-order valence-electron chi connectivity index (χ2n) is 5.26. The van der Waals surface area contributed by atoms with Gasteiger partial charge in [0.2, 0.25) is 0 Å². The predicted molar refractivity (Wildman–Crippen MR) is 69.8 cm³/mol. The average Bonchev–Trinajstić information content (AvgIpc) is 2.62. The minimum Gasteiger partial charge on any atom is -0.377 e. The van der Waals surface area contributed by atoms with E-state index in [1.165, 1.54) is 11.5 Å². The lowest BCUT2D eigenvalue weighted by molar-refractivity contribution is 0.133. The number of aromatic nitrogens is 2. The first-order chi connectivity index (χ1) is 7.36. The molecule has 1 N–H and O–H groups in total. The second-order valence-corrected chi connectivity index (χ2v) is 6.01. The maximum Gasteiger partial charge on any atom is 0.134 e. The van der Waals surface area contributed by atoms with Gasteiger partial charge in [0.05, 0.1) is 0 Å². The number of hydrogen-bond donors (Lipinski definition) is 1. The quantitative estimate of drug-likeness (QED) is 0.880. The Balaban J connectivity index is 2.68. The summed E-state index contributed by atoms with van der Waals surface area (Å²) in [7, 11) is 4.04. The minimum absolute atomic E-state index is 0.276. The average molecular weight is 242 g/mol. The molecule has 1 rings (SSSR count). The van der Waals surface area contributed by atoms with E-state index >= 15 is 0 Å². The lowest BCUT2D eigenvalue weighted by Crippen LogP contribution is -2.38. The summed E-state index contributed by atoms with van der Waals surface area (Å²) in [6.07, 6.45) is 0. The van der Waals surface area contributed by atoms with Gasteiger partial charge in [0.25, 0.3) is 0 Å². The van der Waals surface area contributed by atoms with Gasteiger partial charge in [0.15, 0.2) is 0 Å². The van der Waals surface area contributed by atoms with Crippen molar-refractivity contribution in [1.29, 1.82) is 0 Å². The van der Waals surface area contributed by atoms with Gasteiger partial charge in [-0.15, -0.1) is 5.10 Å². The standard InChI is InChI=1S/C11H22N4S/c1-8(11(2,3)4)15(6)7-9-10(12-5)16-14-13-9/h8,12H,7H2,1-6H3. The van der Waals surface area contributed by atoms with Crippen LogP contribution in [0.5, 0.6) is 0 Å². The first kappa shape index (κ1) is 13.4. The summed E-state index contributed by atoms with van der Waals surface area (Å²) < 4.78 is 3.97. The Labute approximate surface area is 102 Å². The van der Waals surface area contributed by atoms with E-state index in [1.54, 1.807) is 0 Å². The van der Waals surface area contributed by atoms with E-state index in [1.807, 2.05) is 7.05 Å². The van der Waals surface area contributed by atoms with E-state index in [0.717, 1.165) is 17.2 Å². The van der Waals surface area contributed by atoms with Crippen molar-refractivity contribution in [1.82, 2.24) is 14.5 Å². The summed E-state index contributed by atoms with van der Waals surface area (Å²) in [5, 5.41) is 8.34. The number of nitrogens with one attached hydrogen (secondary N) is 1. The van der Waals surface area contributed by atoms with Crippen molar-refractivity contribution in [3.8, 4) is 0 Å². The summed E-state index contributed by atoms with van der Waals surface area (Å²) >= 11 is 1.41. The molecular weight excluding hydrogens is 220 g/mol. The summed E-state index contributed by atoms with van der Waals surface area (Å²) in [4.78, 5) is 2.32. The van der Waals surface area contributed by atoms with Crippen LogP contribution < -0.4 is 5.32 Å². The SMILES string of the molecule is CNc1snnc1CN(C)C(C)C(C)(C)C. The highest BCUT2D eigenvalue weighted by Crippen LogP contribution is 2.25. The van der Waals surface area contributed by atoms with Gasteiger partial charge in [-0.05, 0) is 19.4 Å². The van der Waals surface area contributed by atoms with Crippen molar-refractivity contribution in [3.63, 3.8) is 0 Å². The van der Waals surface area contributed by atoms with Crippen LogP contribution in [-0.4, -0.2) is 34.6 Å². The molecule has 0 saturated carbocycles. The van der Waals surface area contributed by atoms with Crippen LogP contribution in [0.2, 0.25) is 0 Å². The largest absolute Gasteiger partial charge is 0.377 e. The molecule has 0 fully saturated rings. The molecule has 0 spiro atoms. The van der Waals surface area contributed by atoms with Crippen molar-refractivity contribution in [3.05, 3.63) is 5.69 Å². The number of nitrogens with zero attached hydrogens (tertiary/aromatic N) is 3. The Hall–Kier alpha value is -0.680. The topological polar surface area (TPSA) is 41.1 Å². The molecule has 1 aromatic heterocycles. The zero-order valence-corrected chi connectivity index (χ0v) is 11.9. The Bertz CT molecular complexity index is 329. The Morgan fingerprint density at radius 2 is 2.06 bits per heavy atom. The van der Waals surface area contributed by atoms with Gasteiger partial charge in [-0.3, -0.25) is 4.90 Å². The maximum absolute atomic E-state index is 4.16. The molecular formula is C11H22N4S. The van der Waals surface area contributed by atoms with Crippen molar-refractivity contribution in [2.75, 3.05) is 19.4 Å². The van der Waals surface area contributed by atoms with Crippen molar-refractivity contribution < 1.29 is 0 Å². The van der Waals surface area contributed by atoms with Gasteiger partial charge in [-0.2, -0.15) is 0 Å². The molecule has 5 heteroatoms. The zero-order chi connectivity index (χ0) is 12.3. The van der Waals surface area contributed by atoms with Crippen molar-refractivity contribution in [2.24, 2.45) is 5.41 Å². The fourth-order valence-corrected chi connectivity index (χ4v) is 2.06. The monoisotopic (exact) mass is 242 g/mol. The van der Waals surface area contributed by atoms with Gasteiger partial charge in [-0.1, -0.05) is 25.3 Å². The Morgan fingerprint density at radius 3 is 2.56 bits per heavy atom. The summed E-state index contributed by atoms with van der Waals surface area (Å²) in [5.74, 6) is 0. The van der Waals surface area contributed by atoms with Crippen LogP contribution in [0.25, 0.3) is 0 Å². The van der Waals surface area contributed by atoms with Crippen LogP contribution in [0.15, 0.2) is 0 Å². The summed E-state index contributed by atoms with van der Waals surface area (Å²) in [6, 6.07) is 0.499. The molecule has 0 aromatic carbocycles. The molecule has 0 aliphatic heterocycles. The van der Waals surface area contributed by atoms with Crippen LogP contribution in [0.4, 0.5) is 5.00 Å². The smallest absolute Gasteiger partial charge is 0.134 e. The third-order valence-corrected chi connectivity index (χ3v) is 3.88. The van der Waals surface area contributed by atoms with Gasteiger partial charge >= 0.3 is 0 Å². The van der Waals surface area contributed by atoms with Crippen LogP contribution in [0, 0.1) is 5.41 Å². The molecule has 1 aromatic rings. The molecule has 0 radical (unpaired) electrons. The Kier molecular flexibility index (Phi) is 4.27. The first-order valence-corrected chi connectivity index (χ1v) is 6.32. The zero-order valence-electron chi connectivity index (χ0n) is 11.0. The van der Waals surface area contributed by atoms with Crippen LogP contribution in [0.3, 0.4) is 0 Å². The van der Waals surface area contributed by atoms with E-state index in [4.69, 9.17) is 0 Å². The second kappa shape index (κ2) is 5.10. The minimum atomic E-state index is 0.276.